The van der Waals surface area contributed by atoms with Crippen LogP contribution < -0.4 is 15.4 Å². The molecule has 8 nitrogen and oxygen atoms in total. The summed E-state index contributed by atoms with van der Waals surface area (Å²) in [6, 6.07) is 21.1. The van der Waals surface area contributed by atoms with Crippen molar-refractivity contribution in [2.45, 2.75) is 71.2 Å². The number of anilines is 1. The molecule has 8 heteroatoms. The van der Waals surface area contributed by atoms with E-state index in [-0.39, 0.29) is 6.42 Å². The number of ether oxygens (including phenoxy) is 2. The maximum Gasteiger partial charge on any atom is 0.408 e. The number of nitrogens with zero attached hydrogens (tertiary/aromatic N) is 1. The van der Waals surface area contributed by atoms with Gasteiger partial charge in [-0.05, 0) is 83.0 Å². The third kappa shape index (κ3) is 9.11. The second kappa shape index (κ2) is 13.9. The fourth-order valence-corrected chi connectivity index (χ4v) is 4.66. The van der Waals surface area contributed by atoms with Crippen LogP contribution in [0.25, 0.3) is 0 Å². The highest BCUT2D eigenvalue weighted by Gasteiger charge is 2.42. The molecule has 2 atom stereocenters. The van der Waals surface area contributed by atoms with Crippen LogP contribution in [-0.2, 0) is 20.7 Å². The van der Waals surface area contributed by atoms with Crippen LogP contribution >= 0.6 is 0 Å². The third-order valence-corrected chi connectivity index (χ3v) is 6.51. The van der Waals surface area contributed by atoms with Crippen molar-refractivity contribution in [1.82, 2.24) is 10.2 Å². The van der Waals surface area contributed by atoms with E-state index in [1.54, 1.807) is 76.4 Å². The van der Waals surface area contributed by atoms with Crippen molar-refractivity contribution in [2.24, 2.45) is 0 Å². The standard InChI is InChI=1S/C35H41N3O5/c1-9-25-17-13-14-18-28(25)30(31(39)36-26-19-21-27(42-8)22-20-26)38(34(2,3)4)32(40)29(23-24-15-11-10-12-16-24)37-33(41)43-35(5,6)7/h1,10-22,29-30H,23H2,2-8H3,(H,36,39)(H,37,41). The Morgan fingerprint density at radius 2 is 1.49 bits per heavy atom. The minimum atomic E-state index is -1.14. The summed E-state index contributed by atoms with van der Waals surface area (Å²) in [6.07, 6.45) is 5.31. The van der Waals surface area contributed by atoms with Gasteiger partial charge in [-0.1, -0.05) is 54.5 Å². The molecule has 0 bridgehead atoms. The molecule has 2 N–H and O–H groups in total. The molecule has 226 valence electrons. The van der Waals surface area contributed by atoms with Crippen LogP contribution in [0, 0.1) is 12.3 Å². The third-order valence-electron chi connectivity index (χ3n) is 6.51. The van der Waals surface area contributed by atoms with Crippen LogP contribution in [0.5, 0.6) is 5.75 Å². The average Bonchev–Trinajstić information content (AvgIpc) is 2.94. The van der Waals surface area contributed by atoms with E-state index in [1.807, 2.05) is 51.1 Å². The summed E-state index contributed by atoms with van der Waals surface area (Å²) in [4.78, 5) is 43.3. The summed E-state index contributed by atoms with van der Waals surface area (Å²) in [5, 5.41) is 5.71. The van der Waals surface area contributed by atoms with Crippen LogP contribution in [0.1, 0.15) is 64.3 Å². The molecular formula is C35H41N3O5. The Morgan fingerprint density at radius 3 is 2.05 bits per heavy atom. The fraction of sp³-hybridized carbons (Fsp3) is 0.343. The maximum atomic E-state index is 14.7. The monoisotopic (exact) mass is 583 g/mol. The summed E-state index contributed by atoms with van der Waals surface area (Å²) in [5.41, 5.74) is 0.637. The molecule has 3 rings (SSSR count). The Labute approximate surface area is 254 Å². The SMILES string of the molecule is C#Cc1ccccc1C(C(=O)Nc1ccc(OC)cc1)N(C(=O)C(Cc1ccccc1)NC(=O)OC(C)(C)C)C(C)(C)C. The smallest absolute Gasteiger partial charge is 0.408 e. The lowest BCUT2D eigenvalue weighted by Crippen LogP contribution is -2.58. The van der Waals surface area contributed by atoms with Gasteiger partial charge in [0.25, 0.3) is 5.91 Å². The number of hydrogen-bond donors (Lipinski definition) is 2. The lowest BCUT2D eigenvalue weighted by Gasteiger charge is -2.43. The quantitative estimate of drug-likeness (QED) is 0.296. The number of amides is 3. The van der Waals surface area contributed by atoms with Gasteiger partial charge in [-0.2, -0.15) is 0 Å². The highest BCUT2D eigenvalue weighted by atomic mass is 16.6. The van der Waals surface area contributed by atoms with E-state index < -0.39 is 41.1 Å². The summed E-state index contributed by atoms with van der Waals surface area (Å²) in [7, 11) is 1.56. The van der Waals surface area contributed by atoms with Crippen molar-refractivity contribution < 1.29 is 23.9 Å². The first-order chi connectivity index (χ1) is 20.2. The summed E-state index contributed by atoms with van der Waals surface area (Å²) in [6.45, 7) is 10.8. The van der Waals surface area contributed by atoms with Crippen LogP contribution in [0.3, 0.4) is 0 Å². The molecule has 3 amide bonds. The number of hydrogen-bond acceptors (Lipinski definition) is 5. The van der Waals surface area contributed by atoms with Crippen LogP contribution in [0.4, 0.5) is 10.5 Å². The number of nitrogens with one attached hydrogen (secondary N) is 2. The van der Waals surface area contributed by atoms with Crippen LogP contribution in [-0.4, -0.2) is 47.1 Å². The van der Waals surface area contributed by atoms with Crippen molar-refractivity contribution in [1.29, 1.82) is 0 Å². The minimum Gasteiger partial charge on any atom is -0.497 e. The molecule has 0 aliphatic rings. The van der Waals surface area contributed by atoms with Gasteiger partial charge in [-0.15, -0.1) is 6.42 Å². The predicted molar refractivity (Wildman–Crippen MR) is 169 cm³/mol. The van der Waals surface area contributed by atoms with Crippen molar-refractivity contribution in [3.63, 3.8) is 0 Å². The highest BCUT2D eigenvalue weighted by molar-refractivity contribution is 5.99. The van der Waals surface area contributed by atoms with Gasteiger partial charge in [0.15, 0.2) is 0 Å². The first-order valence-electron chi connectivity index (χ1n) is 14.1. The van der Waals surface area contributed by atoms with Gasteiger partial charge in [0, 0.05) is 23.2 Å². The molecule has 0 spiro atoms. The van der Waals surface area contributed by atoms with E-state index in [0.717, 1.165) is 5.56 Å². The normalized spacial score (nSPS) is 12.7. The largest absolute Gasteiger partial charge is 0.497 e. The summed E-state index contributed by atoms with van der Waals surface area (Å²) >= 11 is 0. The van der Waals surface area contributed by atoms with E-state index in [9.17, 15) is 14.4 Å². The lowest BCUT2D eigenvalue weighted by molar-refractivity contribution is -0.146. The molecule has 2 unspecified atom stereocenters. The lowest BCUT2D eigenvalue weighted by atomic mass is 9.92. The number of rotatable bonds is 9. The average molecular weight is 584 g/mol. The number of terminal acetylenes is 1. The molecule has 43 heavy (non-hydrogen) atoms. The predicted octanol–water partition coefficient (Wildman–Crippen LogP) is 6.12. The van der Waals surface area contributed by atoms with Gasteiger partial charge >= 0.3 is 6.09 Å². The van der Waals surface area contributed by atoms with Crippen molar-refractivity contribution in [2.75, 3.05) is 12.4 Å². The fourth-order valence-electron chi connectivity index (χ4n) is 4.66. The van der Waals surface area contributed by atoms with Gasteiger partial charge in [0.05, 0.1) is 7.11 Å². The van der Waals surface area contributed by atoms with Crippen molar-refractivity contribution in [3.8, 4) is 18.1 Å². The number of carbonyl (C=O) groups is 3. The topological polar surface area (TPSA) is 97.0 Å². The molecule has 0 aliphatic carbocycles. The van der Waals surface area contributed by atoms with Crippen LogP contribution in [0.2, 0.25) is 0 Å². The molecule has 0 aromatic heterocycles. The van der Waals surface area contributed by atoms with Gasteiger partial charge in [0.1, 0.15) is 23.4 Å². The van der Waals surface area contributed by atoms with E-state index in [2.05, 4.69) is 16.6 Å². The van der Waals surface area contributed by atoms with Gasteiger partial charge in [-0.25, -0.2) is 4.79 Å². The highest BCUT2D eigenvalue weighted by Crippen LogP contribution is 2.33. The molecule has 0 heterocycles. The van der Waals surface area contributed by atoms with Gasteiger partial charge in [0.2, 0.25) is 5.91 Å². The Bertz CT molecular complexity index is 1450. The summed E-state index contributed by atoms with van der Waals surface area (Å²) in [5.74, 6) is 2.36. The Kier molecular flexibility index (Phi) is 10.6. The first-order valence-corrected chi connectivity index (χ1v) is 14.1. The Balaban J connectivity index is 2.13. The van der Waals surface area contributed by atoms with Crippen LogP contribution in [0.15, 0.2) is 78.9 Å². The Morgan fingerprint density at radius 1 is 0.884 bits per heavy atom. The number of benzene rings is 3. The molecule has 3 aromatic rings. The zero-order valence-corrected chi connectivity index (χ0v) is 25.9. The second-order valence-corrected chi connectivity index (χ2v) is 12.1. The van der Waals surface area contributed by atoms with E-state index in [0.29, 0.717) is 22.6 Å². The Hall–Kier alpha value is -4.77. The molecular weight excluding hydrogens is 542 g/mol. The first kappa shape index (κ1) is 32.7. The molecule has 0 radical (unpaired) electrons. The molecule has 0 saturated carbocycles. The molecule has 0 aliphatic heterocycles. The zero-order valence-electron chi connectivity index (χ0n) is 25.9. The summed E-state index contributed by atoms with van der Waals surface area (Å²) < 4.78 is 10.8. The second-order valence-electron chi connectivity index (χ2n) is 12.1. The molecule has 3 aromatic carbocycles. The van der Waals surface area contributed by atoms with Crippen molar-refractivity contribution in [3.05, 3.63) is 95.6 Å². The van der Waals surface area contributed by atoms with E-state index in [4.69, 9.17) is 15.9 Å². The molecule has 0 fully saturated rings. The van der Waals surface area contributed by atoms with E-state index >= 15 is 0 Å². The van der Waals surface area contributed by atoms with Gasteiger partial charge < -0.3 is 25.0 Å². The molecule has 0 saturated heterocycles. The van der Waals surface area contributed by atoms with E-state index in [1.165, 1.54) is 4.90 Å². The maximum absolute atomic E-state index is 14.7. The number of carbonyl (C=O) groups excluding carboxylic acids is 3. The number of alkyl carbamates (subject to hydrolysis) is 1. The number of methoxy groups -OCH3 is 1. The van der Waals surface area contributed by atoms with Gasteiger partial charge in [-0.3, -0.25) is 9.59 Å². The zero-order chi connectivity index (χ0) is 31.8. The minimum absolute atomic E-state index is 0.176. The van der Waals surface area contributed by atoms with Crippen molar-refractivity contribution >= 4 is 23.6 Å².